The number of hydrogen-bond donors (Lipinski definition) is 0. The first-order chi connectivity index (χ1) is 17.6. The van der Waals surface area contributed by atoms with Crippen molar-refractivity contribution in [1.82, 2.24) is 0 Å². The van der Waals surface area contributed by atoms with E-state index in [1.54, 1.807) is 20.8 Å². The highest BCUT2D eigenvalue weighted by molar-refractivity contribution is 6.74. The predicted octanol–water partition coefficient (Wildman–Crippen LogP) is 3.71. The van der Waals surface area contributed by atoms with Gasteiger partial charge < -0.3 is 32.9 Å². The van der Waals surface area contributed by atoms with Crippen LogP contribution >= 0.6 is 0 Å². The Labute approximate surface area is 232 Å². The Hall–Kier alpha value is -2.31. The third-order valence-electron chi connectivity index (χ3n) is 7.44. The van der Waals surface area contributed by atoms with Gasteiger partial charge in [0.2, 0.25) is 0 Å². The lowest BCUT2D eigenvalue weighted by Crippen LogP contribution is -2.66. The van der Waals surface area contributed by atoms with Gasteiger partial charge in [0, 0.05) is 13.3 Å². The molecule has 5 atom stereocenters. The fourth-order valence-electron chi connectivity index (χ4n) is 3.72. The number of hydrogen-bond acceptors (Lipinski definition) is 11. The van der Waals surface area contributed by atoms with Crippen LogP contribution in [0.3, 0.4) is 0 Å². The molecule has 0 N–H and O–H groups in total. The number of carbonyl (C=O) groups is 5. The summed E-state index contributed by atoms with van der Waals surface area (Å²) in [5.74, 6) is -3.20. The first kappa shape index (κ1) is 34.7. The molecule has 12 heteroatoms. The van der Waals surface area contributed by atoms with Crippen LogP contribution in [-0.2, 0) is 52.1 Å². The normalized spacial score (nSPS) is 24.1. The molecule has 1 aliphatic rings. The van der Waals surface area contributed by atoms with E-state index in [0.29, 0.717) is 0 Å². The Morgan fingerprint density at radius 3 is 1.85 bits per heavy atom. The Kier molecular flexibility index (Phi) is 11.9. The molecule has 0 aromatic carbocycles. The van der Waals surface area contributed by atoms with E-state index < -0.39 is 68.3 Å². The minimum atomic E-state index is -2.69. The van der Waals surface area contributed by atoms with Gasteiger partial charge in [-0.3, -0.25) is 14.4 Å². The lowest BCUT2D eigenvalue weighted by atomic mass is 9.95. The lowest BCUT2D eigenvalue weighted by Gasteiger charge is -2.49. The van der Waals surface area contributed by atoms with Gasteiger partial charge in [-0.25, -0.2) is 4.79 Å². The highest BCUT2D eigenvalue weighted by atomic mass is 28.4. The SMILES string of the molecule is COC(=O)[C@@H]1O[C@H](O[Si](C)(C)C(C)(C)C(C)C)[C@H](OC(C)=O)[C@@H](OC(=O)C(C)(C)C)[C@@H]1OC(=O)CCC(C)=O. The Bertz CT molecular complexity index is 919. The van der Waals surface area contributed by atoms with Gasteiger partial charge in [0.25, 0.3) is 0 Å². The van der Waals surface area contributed by atoms with Crippen LogP contribution in [0.5, 0.6) is 0 Å². The molecule has 1 heterocycles. The Morgan fingerprint density at radius 1 is 0.846 bits per heavy atom. The molecule has 39 heavy (non-hydrogen) atoms. The number of Topliss-reactive ketones (excluding diaryl/α,β-unsaturated/α-hetero) is 1. The maximum absolute atomic E-state index is 13.1. The van der Waals surface area contributed by atoms with Gasteiger partial charge in [-0.2, -0.15) is 0 Å². The molecule has 0 unspecified atom stereocenters. The zero-order chi connectivity index (χ0) is 30.5. The minimum Gasteiger partial charge on any atom is -0.467 e. The summed E-state index contributed by atoms with van der Waals surface area (Å²) in [4.78, 5) is 62.3. The van der Waals surface area contributed by atoms with E-state index >= 15 is 0 Å². The van der Waals surface area contributed by atoms with Gasteiger partial charge >= 0.3 is 23.9 Å². The molecular weight excluding hydrogens is 528 g/mol. The third kappa shape index (κ3) is 9.11. The summed E-state index contributed by atoms with van der Waals surface area (Å²) in [6.07, 6.45) is -7.69. The summed E-state index contributed by atoms with van der Waals surface area (Å²) in [7, 11) is -1.56. The van der Waals surface area contributed by atoms with Crippen LogP contribution in [0.2, 0.25) is 18.1 Å². The van der Waals surface area contributed by atoms with Crippen LogP contribution in [0.4, 0.5) is 0 Å². The zero-order valence-corrected chi connectivity index (χ0v) is 26.4. The van der Waals surface area contributed by atoms with E-state index in [1.165, 1.54) is 13.8 Å². The smallest absolute Gasteiger partial charge is 0.339 e. The molecule has 11 nitrogen and oxygen atoms in total. The van der Waals surface area contributed by atoms with E-state index in [9.17, 15) is 24.0 Å². The van der Waals surface area contributed by atoms with Crippen LogP contribution in [0.15, 0.2) is 0 Å². The fourth-order valence-corrected chi connectivity index (χ4v) is 6.18. The van der Waals surface area contributed by atoms with E-state index in [-0.39, 0.29) is 29.6 Å². The van der Waals surface area contributed by atoms with E-state index in [1.807, 2.05) is 13.1 Å². The maximum atomic E-state index is 13.1. The zero-order valence-electron chi connectivity index (χ0n) is 25.4. The van der Waals surface area contributed by atoms with Crippen molar-refractivity contribution in [2.45, 2.75) is 124 Å². The number of ether oxygens (including phenoxy) is 5. The topological polar surface area (TPSA) is 141 Å². The molecule has 0 aromatic heterocycles. The summed E-state index contributed by atoms with van der Waals surface area (Å²) < 4.78 is 34.4. The molecule has 1 saturated heterocycles. The molecule has 1 fully saturated rings. The molecule has 0 spiro atoms. The highest BCUT2D eigenvalue weighted by Crippen LogP contribution is 2.46. The quantitative estimate of drug-likeness (QED) is 0.202. The predicted molar refractivity (Wildman–Crippen MR) is 143 cm³/mol. The Balaban J connectivity index is 3.69. The maximum Gasteiger partial charge on any atom is 0.339 e. The average molecular weight is 575 g/mol. The van der Waals surface area contributed by atoms with Gasteiger partial charge in [-0.15, -0.1) is 0 Å². The van der Waals surface area contributed by atoms with Crippen molar-refractivity contribution in [3.63, 3.8) is 0 Å². The number of ketones is 1. The van der Waals surface area contributed by atoms with Gasteiger partial charge in [0.15, 0.2) is 39.0 Å². The van der Waals surface area contributed by atoms with Crippen molar-refractivity contribution >= 4 is 38.0 Å². The van der Waals surface area contributed by atoms with Crippen LogP contribution < -0.4 is 0 Å². The molecule has 0 radical (unpaired) electrons. The van der Waals surface area contributed by atoms with Crippen molar-refractivity contribution < 1.29 is 52.1 Å². The van der Waals surface area contributed by atoms with Crippen LogP contribution in [0.25, 0.3) is 0 Å². The summed E-state index contributed by atoms with van der Waals surface area (Å²) >= 11 is 0. The second-order valence-electron chi connectivity index (χ2n) is 12.3. The van der Waals surface area contributed by atoms with Crippen molar-refractivity contribution in [2.24, 2.45) is 11.3 Å². The Morgan fingerprint density at radius 2 is 1.41 bits per heavy atom. The summed E-state index contributed by atoms with van der Waals surface area (Å²) in [6.45, 7) is 19.5. The van der Waals surface area contributed by atoms with Crippen molar-refractivity contribution in [3.05, 3.63) is 0 Å². The molecule has 1 rings (SSSR count). The largest absolute Gasteiger partial charge is 0.467 e. The second kappa shape index (κ2) is 13.4. The number of rotatable bonds is 11. The second-order valence-corrected chi connectivity index (χ2v) is 16.8. The van der Waals surface area contributed by atoms with Gasteiger partial charge in [0.05, 0.1) is 18.9 Å². The summed E-state index contributed by atoms with van der Waals surface area (Å²) in [5.41, 5.74) is -0.993. The molecular formula is C27H46O11Si. The first-order valence-corrected chi connectivity index (χ1v) is 16.0. The third-order valence-corrected chi connectivity index (χ3v) is 11.9. The van der Waals surface area contributed by atoms with Crippen molar-refractivity contribution in [2.75, 3.05) is 7.11 Å². The van der Waals surface area contributed by atoms with E-state index in [4.69, 9.17) is 28.1 Å². The van der Waals surface area contributed by atoms with Crippen molar-refractivity contribution in [1.29, 1.82) is 0 Å². The highest BCUT2D eigenvalue weighted by Gasteiger charge is 2.58. The standard InChI is InChI=1S/C27H46O11Si/c1-15(2)27(8,9)39(11,12)38-24-22(34-17(4)29)20(37-25(32)26(5,6)7)19(21(36-24)23(31)33-10)35-18(30)14-13-16(3)28/h15,19-22,24H,13-14H2,1-12H3/t19-,20-,21+,22+,24+/m0/s1. The van der Waals surface area contributed by atoms with Crippen molar-refractivity contribution in [3.8, 4) is 0 Å². The van der Waals surface area contributed by atoms with Crippen LogP contribution in [0.1, 0.15) is 75.2 Å². The van der Waals surface area contributed by atoms with Gasteiger partial charge in [-0.1, -0.05) is 27.7 Å². The summed E-state index contributed by atoms with van der Waals surface area (Å²) in [6, 6.07) is 0. The monoisotopic (exact) mass is 574 g/mol. The average Bonchev–Trinajstić information content (AvgIpc) is 2.79. The molecule has 0 saturated carbocycles. The molecule has 0 bridgehead atoms. The van der Waals surface area contributed by atoms with E-state index in [2.05, 4.69) is 27.7 Å². The van der Waals surface area contributed by atoms with Crippen LogP contribution in [0, 0.1) is 11.3 Å². The molecule has 0 amide bonds. The number of methoxy groups -OCH3 is 1. The first-order valence-electron chi connectivity index (χ1n) is 13.1. The lowest BCUT2D eigenvalue weighted by molar-refractivity contribution is -0.287. The number of carbonyl (C=O) groups excluding carboxylic acids is 5. The van der Waals surface area contributed by atoms with Gasteiger partial charge in [-0.05, 0) is 51.7 Å². The molecule has 0 aliphatic carbocycles. The number of esters is 4. The summed E-state index contributed by atoms with van der Waals surface area (Å²) in [5, 5.41) is -0.300. The fraction of sp³-hybridized carbons (Fsp3) is 0.815. The van der Waals surface area contributed by atoms with E-state index in [0.717, 1.165) is 7.11 Å². The molecule has 0 aromatic rings. The minimum absolute atomic E-state index is 0.0923. The van der Waals surface area contributed by atoms with Crippen LogP contribution in [-0.4, -0.2) is 75.8 Å². The molecule has 1 aliphatic heterocycles. The molecule has 224 valence electrons. The van der Waals surface area contributed by atoms with Gasteiger partial charge in [0.1, 0.15) is 5.78 Å².